The summed E-state index contributed by atoms with van der Waals surface area (Å²) in [6.07, 6.45) is 3.21. The maximum atomic E-state index is 11.9. The van der Waals surface area contributed by atoms with Gasteiger partial charge in [-0.25, -0.2) is 4.68 Å². The van der Waals surface area contributed by atoms with Crippen LogP contribution in [0.15, 0.2) is 47.3 Å². The monoisotopic (exact) mass is 332 g/mol. The summed E-state index contributed by atoms with van der Waals surface area (Å²) in [5.41, 5.74) is 1.99. The molecule has 0 saturated carbocycles. The Morgan fingerprint density at radius 2 is 2.10 bits per heavy atom. The molecule has 0 spiro atoms. The van der Waals surface area contributed by atoms with Crippen molar-refractivity contribution in [1.82, 2.24) is 25.2 Å². The van der Waals surface area contributed by atoms with Crippen LogP contribution in [0.1, 0.15) is 10.5 Å². The molecular weight excluding hydrogens is 324 g/mol. The van der Waals surface area contributed by atoms with E-state index in [1.54, 1.807) is 24.4 Å². The summed E-state index contributed by atoms with van der Waals surface area (Å²) in [4.78, 5) is 14.8. The highest BCUT2D eigenvalue weighted by atomic mass is 79.9. The van der Waals surface area contributed by atoms with Crippen LogP contribution in [0.2, 0.25) is 0 Å². The largest absolute Gasteiger partial charge is 0.356 e. The molecule has 3 aromatic rings. The minimum Gasteiger partial charge on any atom is -0.356 e. The highest BCUT2D eigenvalue weighted by Crippen LogP contribution is 2.15. The van der Waals surface area contributed by atoms with Crippen LogP contribution in [0.3, 0.4) is 0 Å². The van der Waals surface area contributed by atoms with Crippen LogP contribution in [0.4, 0.5) is 5.69 Å². The maximum absolute atomic E-state index is 11.9. The fourth-order valence-electron chi connectivity index (χ4n) is 1.67. The fraction of sp³-hybridized carbons (Fsp3) is 0. The van der Waals surface area contributed by atoms with Gasteiger partial charge in [-0.15, -0.1) is 5.10 Å². The number of anilines is 1. The van der Waals surface area contributed by atoms with E-state index in [0.29, 0.717) is 11.4 Å². The van der Waals surface area contributed by atoms with Gasteiger partial charge >= 0.3 is 0 Å². The molecule has 7 nitrogen and oxygen atoms in total. The molecule has 8 heteroatoms. The summed E-state index contributed by atoms with van der Waals surface area (Å²) in [6.45, 7) is 0. The smallest absolute Gasteiger partial charge is 0.272 e. The van der Waals surface area contributed by atoms with Crippen molar-refractivity contribution >= 4 is 27.5 Å². The van der Waals surface area contributed by atoms with Gasteiger partial charge in [-0.2, -0.15) is 0 Å². The van der Waals surface area contributed by atoms with Gasteiger partial charge in [0.05, 0.1) is 5.69 Å². The van der Waals surface area contributed by atoms with Crippen molar-refractivity contribution in [2.75, 3.05) is 5.32 Å². The van der Waals surface area contributed by atoms with Crippen LogP contribution in [0.25, 0.3) is 5.69 Å². The first-order chi connectivity index (χ1) is 9.72. The number of nitrogens with zero attached hydrogens (tertiary/aromatic N) is 4. The van der Waals surface area contributed by atoms with Gasteiger partial charge in [0, 0.05) is 16.4 Å². The third-order valence-corrected chi connectivity index (χ3v) is 3.09. The molecule has 0 unspecified atom stereocenters. The van der Waals surface area contributed by atoms with Crippen LogP contribution >= 0.6 is 15.9 Å². The van der Waals surface area contributed by atoms with Gasteiger partial charge in [-0.05, 0) is 56.7 Å². The number of nitrogens with one attached hydrogen (secondary N) is 2. The molecule has 2 N–H and O–H groups in total. The van der Waals surface area contributed by atoms with E-state index in [4.69, 9.17) is 0 Å². The Balaban J connectivity index is 1.74. The molecule has 0 atom stereocenters. The van der Waals surface area contributed by atoms with Crippen LogP contribution in [-0.2, 0) is 0 Å². The van der Waals surface area contributed by atoms with Crippen molar-refractivity contribution < 1.29 is 4.79 Å². The van der Waals surface area contributed by atoms with E-state index < -0.39 is 0 Å². The number of benzene rings is 1. The number of halogens is 1. The molecule has 20 heavy (non-hydrogen) atoms. The second-order valence-corrected chi connectivity index (χ2v) is 4.90. The van der Waals surface area contributed by atoms with Gasteiger partial charge in [0.15, 0.2) is 0 Å². The number of amides is 1. The molecule has 0 aliphatic rings. The molecule has 0 saturated heterocycles. The zero-order chi connectivity index (χ0) is 13.9. The van der Waals surface area contributed by atoms with E-state index in [9.17, 15) is 4.79 Å². The second-order valence-electron chi connectivity index (χ2n) is 3.99. The lowest BCUT2D eigenvalue weighted by Gasteiger charge is -2.05. The van der Waals surface area contributed by atoms with Gasteiger partial charge < -0.3 is 10.3 Å². The number of aromatic amines is 1. The normalized spacial score (nSPS) is 10.4. The van der Waals surface area contributed by atoms with Gasteiger partial charge in [0.2, 0.25) is 0 Å². The Hall–Kier alpha value is -2.48. The summed E-state index contributed by atoms with van der Waals surface area (Å²) < 4.78 is 2.37. The molecular formula is C12H9BrN6O. The Labute approximate surface area is 122 Å². The maximum Gasteiger partial charge on any atom is 0.272 e. The van der Waals surface area contributed by atoms with E-state index in [-0.39, 0.29) is 5.91 Å². The molecule has 1 amide bonds. The predicted octanol–water partition coefficient (Wildman–Crippen LogP) is 2.01. The summed E-state index contributed by atoms with van der Waals surface area (Å²) in [6, 6.07) is 8.91. The first-order valence-electron chi connectivity index (χ1n) is 5.71. The molecule has 2 heterocycles. The molecule has 0 bridgehead atoms. The third kappa shape index (κ3) is 2.59. The average molecular weight is 333 g/mol. The first-order valence-corrected chi connectivity index (χ1v) is 6.50. The average Bonchev–Trinajstić information content (AvgIpc) is 3.10. The minimum atomic E-state index is -0.203. The molecule has 100 valence electrons. The van der Waals surface area contributed by atoms with Crippen molar-refractivity contribution in [1.29, 1.82) is 0 Å². The number of hydrogen-bond donors (Lipinski definition) is 2. The number of rotatable bonds is 3. The molecule has 2 aromatic heterocycles. The van der Waals surface area contributed by atoms with Crippen molar-refractivity contribution in [3.05, 3.63) is 53.0 Å². The number of tetrazole rings is 1. The van der Waals surface area contributed by atoms with Gasteiger partial charge in [-0.1, -0.05) is 0 Å². The lowest BCUT2D eigenvalue weighted by atomic mass is 10.2. The highest BCUT2D eigenvalue weighted by Gasteiger charge is 2.08. The standard InChI is InChI=1S/C12H9BrN6O/c13-8-5-11(14-6-8)12(20)16-9-1-3-10(4-2-9)19-7-15-17-18-19/h1-7,14H,(H,16,20). The summed E-state index contributed by atoms with van der Waals surface area (Å²) in [7, 11) is 0. The Morgan fingerprint density at radius 1 is 1.30 bits per heavy atom. The number of carbonyl (C=O) groups is 1. The molecule has 1 aromatic carbocycles. The van der Waals surface area contributed by atoms with Crippen LogP contribution in [0.5, 0.6) is 0 Å². The Morgan fingerprint density at radius 3 is 2.70 bits per heavy atom. The summed E-state index contributed by atoms with van der Waals surface area (Å²) in [5, 5.41) is 13.7. The van der Waals surface area contributed by atoms with Crippen LogP contribution < -0.4 is 5.32 Å². The van der Waals surface area contributed by atoms with E-state index in [1.807, 2.05) is 12.1 Å². The minimum absolute atomic E-state index is 0.203. The van der Waals surface area contributed by atoms with E-state index in [2.05, 4.69) is 41.8 Å². The van der Waals surface area contributed by atoms with Crippen molar-refractivity contribution in [3.63, 3.8) is 0 Å². The molecule has 0 fully saturated rings. The third-order valence-electron chi connectivity index (χ3n) is 2.63. The van der Waals surface area contributed by atoms with Gasteiger partial charge in [0.1, 0.15) is 12.0 Å². The Kier molecular flexibility index (Phi) is 3.30. The van der Waals surface area contributed by atoms with Gasteiger partial charge in [-0.3, -0.25) is 4.79 Å². The Bertz CT molecular complexity index is 719. The zero-order valence-corrected chi connectivity index (χ0v) is 11.7. The van der Waals surface area contributed by atoms with Crippen molar-refractivity contribution in [2.45, 2.75) is 0 Å². The first kappa shape index (κ1) is 12.5. The number of aromatic nitrogens is 5. The highest BCUT2D eigenvalue weighted by molar-refractivity contribution is 9.10. The molecule has 0 aliphatic heterocycles. The lowest BCUT2D eigenvalue weighted by Crippen LogP contribution is -2.12. The quantitative estimate of drug-likeness (QED) is 0.767. The number of hydrogen-bond acceptors (Lipinski definition) is 4. The zero-order valence-electron chi connectivity index (χ0n) is 10.1. The number of carbonyl (C=O) groups excluding carboxylic acids is 1. The summed E-state index contributed by atoms with van der Waals surface area (Å²) >= 11 is 3.28. The fourth-order valence-corrected chi connectivity index (χ4v) is 2.02. The SMILES string of the molecule is O=C(Nc1ccc(-n2cnnn2)cc1)c1cc(Br)c[nH]1. The lowest BCUT2D eigenvalue weighted by molar-refractivity contribution is 0.102. The predicted molar refractivity (Wildman–Crippen MR) is 75.6 cm³/mol. The summed E-state index contributed by atoms with van der Waals surface area (Å²) in [5.74, 6) is -0.203. The van der Waals surface area contributed by atoms with E-state index in [1.165, 1.54) is 11.0 Å². The van der Waals surface area contributed by atoms with Crippen molar-refractivity contribution in [2.24, 2.45) is 0 Å². The van der Waals surface area contributed by atoms with E-state index in [0.717, 1.165) is 10.2 Å². The number of H-pyrrole nitrogens is 1. The topological polar surface area (TPSA) is 88.5 Å². The molecule has 0 aliphatic carbocycles. The van der Waals surface area contributed by atoms with Gasteiger partial charge in [0.25, 0.3) is 5.91 Å². The molecule has 0 radical (unpaired) electrons. The van der Waals surface area contributed by atoms with Crippen LogP contribution in [0, 0.1) is 0 Å². The van der Waals surface area contributed by atoms with E-state index >= 15 is 0 Å². The van der Waals surface area contributed by atoms with Crippen LogP contribution in [-0.4, -0.2) is 31.1 Å². The molecule has 3 rings (SSSR count). The van der Waals surface area contributed by atoms with Crippen molar-refractivity contribution in [3.8, 4) is 5.69 Å². The second kappa shape index (κ2) is 5.25.